The van der Waals surface area contributed by atoms with Crippen molar-refractivity contribution >= 4 is 58.4 Å². The fourth-order valence-electron chi connectivity index (χ4n) is 2.55. The van der Waals surface area contributed by atoms with Crippen molar-refractivity contribution in [2.75, 3.05) is 0 Å². The van der Waals surface area contributed by atoms with Crippen LogP contribution in [0.3, 0.4) is 0 Å². The number of rotatable bonds is 3. The molecule has 2 heterocycles. The summed E-state index contributed by atoms with van der Waals surface area (Å²) in [5, 5.41) is 0. The first kappa shape index (κ1) is 15.0. The molecule has 0 unspecified atom stereocenters. The molecular formula is C17H12S5. The van der Waals surface area contributed by atoms with Crippen LogP contribution in [0, 0.1) is 3.14 Å². The standard InChI is InChI=1S/C17H12S5/c18-16-19-14-15(20-16)22-17(21-14,13-9-5-2-6-10-13)11-12-7-3-1-4-8-12/h1-10H,11H2. The normalized spacial score (nSPS) is 15.6. The Labute approximate surface area is 151 Å². The van der Waals surface area contributed by atoms with Crippen LogP contribution in [0.15, 0.2) is 69.1 Å². The summed E-state index contributed by atoms with van der Waals surface area (Å²) in [5.41, 5.74) is 2.76. The lowest BCUT2D eigenvalue weighted by Gasteiger charge is -2.28. The van der Waals surface area contributed by atoms with Crippen molar-refractivity contribution in [1.29, 1.82) is 0 Å². The molecule has 2 aromatic carbocycles. The van der Waals surface area contributed by atoms with Gasteiger partial charge in [0, 0.05) is 6.42 Å². The Morgan fingerprint density at radius 1 is 0.773 bits per heavy atom. The summed E-state index contributed by atoms with van der Waals surface area (Å²) in [7, 11) is 0. The predicted molar refractivity (Wildman–Crippen MR) is 103 cm³/mol. The Bertz CT molecular complexity index is 806. The summed E-state index contributed by atoms with van der Waals surface area (Å²) in [6, 6.07) is 21.6. The van der Waals surface area contributed by atoms with Crippen LogP contribution < -0.4 is 0 Å². The molecule has 0 saturated carbocycles. The minimum atomic E-state index is 0.0311. The van der Waals surface area contributed by atoms with E-state index in [1.807, 2.05) is 23.5 Å². The van der Waals surface area contributed by atoms with Crippen molar-refractivity contribution in [2.24, 2.45) is 0 Å². The first-order valence-corrected chi connectivity index (χ1v) is 10.5. The van der Waals surface area contributed by atoms with Crippen LogP contribution in [0.1, 0.15) is 11.1 Å². The minimum Gasteiger partial charge on any atom is -0.105 e. The van der Waals surface area contributed by atoms with Crippen LogP contribution in [0.2, 0.25) is 0 Å². The molecule has 0 nitrogen and oxygen atoms in total. The number of hydrogen-bond donors (Lipinski definition) is 0. The Balaban J connectivity index is 1.77. The third-order valence-corrected chi connectivity index (χ3v) is 9.85. The van der Waals surface area contributed by atoms with Crippen molar-refractivity contribution in [3.8, 4) is 0 Å². The first-order valence-electron chi connectivity index (χ1n) is 6.87. The zero-order chi connectivity index (χ0) is 15.0. The van der Waals surface area contributed by atoms with Crippen molar-refractivity contribution in [3.63, 3.8) is 0 Å². The van der Waals surface area contributed by atoms with Gasteiger partial charge >= 0.3 is 0 Å². The molecule has 0 spiro atoms. The summed E-state index contributed by atoms with van der Waals surface area (Å²) >= 11 is 12.8. The van der Waals surface area contributed by atoms with Crippen LogP contribution in [-0.2, 0) is 10.5 Å². The summed E-state index contributed by atoms with van der Waals surface area (Å²) in [6.07, 6.45) is 1.02. The molecule has 22 heavy (non-hydrogen) atoms. The highest BCUT2D eigenvalue weighted by atomic mass is 32.2. The molecule has 3 aromatic rings. The molecule has 5 heteroatoms. The quantitative estimate of drug-likeness (QED) is 0.460. The smallest absolute Gasteiger partial charge is 0.105 e. The van der Waals surface area contributed by atoms with Crippen LogP contribution in [0.4, 0.5) is 0 Å². The van der Waals surface area contributed by atoms with Gasteiger partial charge in [0.2, 0.25) is 0 Å². The minimum absolute atomic E-state index is 0.0311. The highest BCUT2D eigenvalue weighted by Gasteiger charge is 2.42. The molecule has 0 amide bonds. The fourth-order valence-corrected chi connectivity index (χ4v) is 10.2. The van der Waals surface area contributed by atoms with E-state index in [0.29, 0.717) is 0 Å². The zero-order valence-electron chi connectivity index (χ0n) is 11.5. The average molecular weight is 377 g/mol. The molecule has 0 bridgehead atoms. The second-order valence-electron chi connectivity index (χ2n) is 5.01. The van der Waals surface area contributed by atoms with Gasteiger partial charge < -0.3 is 0 Å². The van der Waals surface area contributed by atoms with Crippen LogP contribution in [0.5, 0.6) is 0 Å². The van der Waals surface area contributed by atoms with Crippen molar-refractivity contribution in [3.05, 3.63) is 74.9 Å². The molecule has 0 radical (unpaired) electrons. The molecule has 0 fully saturated rings. The van der Waals surface area contributed by atoms with Crippen LogP contribution in [-0.4, -0.2) is 0 Å². The van der Waals surface area contributed by atoms with E-state index < -0.39 is 0 Å². The van der Waals surface area contributed by atoms with Crippen molar-refractivity contribution < 1.29 is 0 Å². The molecule has 1 aromatic heterocycles. The monoisotopic (exact) mass is 376 g/mol. The SMILES string of the molecule is S=c1sc2c(s1)SC(Cc1ccccc1)(c1ccccc1)S2. The number of fused-ring (bicyclic) bond motifs is 1. The number of hydrogen-bond acceptors (Lipinski definition) is 5. The van der Waals surface area contributed by atoms with Gasteiger partial charge in [0.25, 0.3) is 0 Å². The molecule has 0 aliphatic carbocycles. The highest BCUT2D eigenvalue weighted by molar-refractivity contribution is 8.22. The molecule has 0 saturated heterocycles. The molecule has 0 N–H and O–H groups in total. The van der Waals surface area contributed by atoms with Gasteiger partial charge in [0.1, 0.15) is 7.22 Å². The van der Waals surface area contributed by atoms with E-state index in [-0.39, 0.29) is 4.08 Å². The number of thioether (sulfide) groups is 2. The van der Waals surface area contributed by atoms with E-state index in [1.54, 1.807) is 22.7 Å². The average Bonchev–Trinajstić information content (AvgIpc) is 3.04. The van der Waals surface area contributed by atoms with Crippen molar-refractivity contribution in [2.45, 2.75) is 18.9 Å². The van der Waals surface area contributed by atoms with Gasteiger partial charge in [-0.3, -0.25) is 0 Å². The van der Waals surface area contributed by atoms with Crippen LogP contribution in [0.25, 0.3) is 0 Å². The third-order valence-electron chi connectivity index (χ3n) is 3.53. The molecular weight excluding hydrogens is 365 g/mol. The molecule has 1 aliphatic rings. The van der Waals surface area contributed by atoms with Gasteiger partial charge in [0.15, 0.2) is 0 Å². The van der Waals surface area contributed by atoms with Crippen molar-refractivity contribution in [1.82, 2.24) is 0 Å². The first-order chi connectivity index (χ1) is 10.8. The lowest BCUT2D eigenvalue weighted by Crippen LogP contribution is -2.18. The van der Waals surface area contributed by atoms with E-state index in [2.05, 4.69) is 60.7 Å². The van der Waals surface area contributed by atoms with Gasteiger partial charge in [-0.15, -0.1) is 22.7 Å². The highest BCUT2D eigenvalue weighted by Crippen LogP contribution is 2.65. The van der Waals surface area contributed by atoms with Gasteiger partial charge in [-0.25, -0.2) is 0 Å². The summed E-state index contributed by atoms with van der Waals surface area (Å²) in [5.74, 6) is 0. The maximum atomic E-state index is 5.35. The molecule has 110 valence electrons. The zero-order valence-corrected chi connectivity index (χ0v) is 15.6. The molecule has 1 aliphatic heterocycles. The Hall–Kier alpha value is -0.590. The summed E-state index contributed by atoms with van der Waals surface area (Å²) in [4.78, 5) is 0. The summed E-state index contributed by atoms with van der Waals surface area (Å²) in [6.45, 7) is 0. The Kier molecular flexibility index (Phi) is 4.17. The largest absolute Gasteiger partial charge is 0.145 e. The molecule has 4 rings (SSSR count). The van der Waals surface area contributed by atoms with E-state index in [1.165, 1.54) is 19.5 Å². The topological polar surface area (TPSA) is 0 Å². The Morgan fingerprint density at radius 3 is 1.91 bits per heavy atom. The van der Waals surface area contributed by atoms with Gasteiger partial charge in [-0.2, -0.15) is 0 Å². The second kappa shape index (κ2) is 6.13. The van der Waals surface area contributed by atoms with E-state index in [0.717, 1.165) is 9.56 Å². The van der Waals surface area contributed by atoms with Gasteiger partial charge in [0.05, 0.1) is 8.42 Å². The number of benzene rings is 2. The van der Waals surface area contributed by atoms with E-state index in [9.17, 15) is 0 Å². The lowest BCUT2D eigenvalue weighted by molar-refractivity contribution is 0.872. The van der Waals surface area contributed by atoms with E-state index in [4.69, 9.17) is 12.2 Å². The van der Waals surface area contributed by atoms with Gasteiger partial charge in [-0.05, 0) is 11.1 Å². The third kappa shape index (κ3) is 2.81. The second-order valence-corrected chi connectivity index (χ2v) is 11.6. The predicted octanol–water partition coefficient (Wildman–Crippen LogP) is 6.83. The lowest BCUT2D eigenvalue weighted by atomic mass is 10.0. The van der Waals surface area contributed by atoms with E-state index >= 15 is 0 Å². The molecule has 0 atom stereocenters. The Morgan fingerprint density at radius 2 is 1.32 bits per heavy atom. The van der Waals surface area contributed by atoms with Gasteiger partial charge in [-0.1, -0.05) is 96.4 Å². The summed E-state index contributed by atoms with van der Waals surface area (Å²) < 4.78 is 3.84. The van der Waals surface area contributed by atoms with Crippen LogP contribution >= 0.6 is 58.4 Å². The fraction of sp³-hybridized carbons (Fsp3) is 0.118. The maximum Gasteiger partial charge on any atom is 0.145 e. The maximum absolute atomic E-state index is 5.35.